The SMILES string of the molecule is NOCC(=O)NCCNC(=O)COCCOCCNC(=O)CC[C@H](NC(=O)CCCCCCCCCCCCCCCCC(=O)O)C(=O)O. The highest BCUT2D eigenvalue weighted by Gasteiger charge is 2.20. The van der Waals surface area contributed by atoms with Gasteiger partial charge in [-0.25, -0.2) is 10.7 Å². The van der Waals surface area contributed by atoms with Crippen LogP contribution in [0, 0.1) is 0 Å². The minimum absolute atomic E-state index is 0.0229. The van der Waals surface area contributed by atoms with Crippen molar-refractivity contribution >= 4 is 35.6 Å². The molecular weight excluding hydrogens is 642 g/mol. The number of aliphatic carboxylic acids is 2. The van der Waals surface area contributed by atoms with Crippen molar-refractivity contribution in [3.8, 4) is 0 Å². The Balaban J connectivity index is 3.69. The highest BCUT2D eigenvalue weighted by atomic mass is 16.6. The molecule has 16 heteroatoms. The van der Waals surface area contributed by atoms with E-state index in [9.17, 15) is 33.9 Å². The van der Waals surface area contributed by atoms with Gasteiger partial charge in [0, 0.05) is 38.9 Å². The Labute approximate surface area is 290 Å². The lowest BCUT2D eigenvalue weighted by Gasteiger charge is -2.14. The van der Waals surface area contributed by atoms with Gasteiger partial charge >= 0.3 is 11.9 Å². The Morgan fingerprint density at radius 2 is 0.980 bits per heavy atom. The maximum atomic E-state index is 12.3. The predicted octanol–water partition coefficient (Wildman–Crippen LogP) is 1.93. The molecule has 0 bridgehead atoms. The summed E-state index contributed by atoms with van der Waals surface area (Å²) in [6.07, 6.45) is 15.5. The minimum Gasteiger partial charge on any atom is -0.481 e. The maximum Gasteiger partial charge on any atom is 0.326 e. The third-order valence-electron chi connectivity index (χ3n) is 7.50. The summed E-state index contributed by atoms with van der Waals surface area (Å²) < 4.78 is 10.5. The van der Waals surface area contributed by atoms with Gasteiger partial charge in [-0.15, -0.1) is 0 Å². The molecule has 0 aromatic heterocycles. The van der Waals surface area contributed by atoms with Crippen molar-refractivity contribution < 1.29 is 53.3 Å². The molecule has 4 amide bonds. The number of carbonyl (C=O) groups excluding carboxylic acids is 4. The number of amides is 4. The average Bonchev–Trinajstić information content (AvgIpc) is 3.05. The van der Waals surface area contributed by atoms with Crippen LogP contribution < -0.4 is 27.2 Å². The molecule has 284 valence electrons. The zero-order valence-electron chi connectivity index (χ0n) is 29.1. The fourth-order valence-corrected chi connectivity index (χ4v) is 4.80. The van der Waals surface area contributed by atoms with Crippen LogP contribution in [0.2, 0.25) is 0 Å². The quantitative estimate of drug-likeness (QED) is 0.0370. The summed E-state index contributed by atoms with van der Waals surface area (Å²) in [5.74, 6) is 1.45. The Kier molecular flexibility index (Phi) is 30.9. The normalized spacial score (nSPS) is 11.4. The highest BCUT2D eigenvalue weighted by molar-refractivity contribution is 5.84. The Morgan fingerprint density at radius 3 is 1.49 bits per heavy atom. The van der Waals surface area contributed by atoms with Gasteiger partial charge in [-0.1, -0.05) is 77.0 Å². The number of unbranched alkanes of at least 4 members (excludes halogenated alkanes) is 13. The average molecular weight is 704 g/mol. The largest absolute Gasteiger partial charge is 0.481 e. The third-order valence-corrected chi connectivity index (χ3v) is 7.50. The monoisotopic (exact) mass is 703 g/mol. The molecule has 0 aliphatic carbocycles. The number of carbonyl (C=O) groups is 6. The van der Waals surface area contributed by atoms with Crippen LogP contribution in [0.15, 0.2) is 0 Å². The molecule has 0 fully saturated rings. The van der Waals surface area contributed by atoms with Crippen molar-refractivity contribution in [3.05, 3.63) is 0 Å². The van der Waals surface area contributed by atoms with Crippen LogP contribution in [-0.2, 0) is 43.1 Å². The van der Waals surface area contributed by atoms with Crippen molar-refractivity contribution in [3.63, 3.8) is 0 Å². The molecule has 0 saturated heterocycles. The number of hydrogen-bond donors (Lipinski definition) is 7. The number of hydrogen-bond acceptors (Lipinski definition) is 10. The summed E-state index contributed by atoms with van der Waals surface area (Å²) in [4.78, 5) is 73.4. The van der Waals surface area contributed by atoms with E-state index in [2.05, 4.69) is 26.1 Å². The van der Waals surface area contributed by atoms with E-state index in [0.29, 0.717) is 6.42 Å². The number of rotatable bonds is 35. The Bertz CT molecular complexity index is 923. The van der Waals surface area contributed by atoms with Crippen LogP contribution in [0.4, 0.5) is 0 Å². The van der Waals surface area contributed by atoms with Crippen molar-refractivity contribution in [2.24, 2.45) is 5.90 Å². The molecular formula is C33H61N5O11. The van der Waals surface area contributed by atoms with Crippen molar-refractivity contribution in [1.82, 2.24) is 21.3 Å². The summed E-state index contributed by atoms with van der Waals surface area (Å²) in [6.45, 7) is 0.780. The lowest BCUT2D eigenvalue weighted by Crippen LogP contribution is -2.41. The maximum absolute atomic E-state index is 12.3. The molecule has 16 nitrogen and oxygen atoms in total. The smallest absolute Gasteiger partial charge is 0.326 e. The summed E-state index contributed by atoms with van der Waals surface area (Å²) in [5.41, 5.74) is 0. The molecule has 8 N–H and O–H groups in total. The molecule has 0 unspecified atom stereocenters. The second-order valence-electron chi connectivity index (χ2n) is 11.9. The molecule has 0 aromatic rings. The van der Waals surface area contributed by atoms with Crippen LogP contribution in [-0.4, -0.2) is 104 Å². The Hall–Kier alpha value is -3.34. The third kappa shape index (κ3) is 33.0. The van der Waals surface area contributed by atoms with E-state index in [4.69, 9.17) is 20.5 Å². The molecule has 0 radical (unpaired) electrons. The molecule has 0 heterocycles. The first-order chi connectivity index (χ1) is 23.6. The molecule has 0 spiro atoms. The summed E-state index contributed by atoms with van der Waals surface area (Å²) in [7, 11) is 0. The second-order valence-corrected chi connectivity index (χ2v) is 11.9. The zero-order valence-corrected chi connectivity index (χ0v) is 29.1. The van der Waals surface area contributed by atoms with Crippen LogP contribution in [0.5, 0.6) is 0 Å². The number of carboxylic acids is 2. The molecule has 0 saturated carbocycles. The van der Waals surface area contributed by atoms with E-state index in [-0.39, 0.29) is 96.1 Å². The van der Waals surface area contributed by atoms with E-state index in [1.54, 1.807) is 0 Å². The minimum atomic E-state index is -1.18. The molecule has 0 rings (SSSR count). The molecule has 0 aliphatic heterocycles. The lowest BCUT2D eigenvalue weighted by molar-refractivity contribution is -0.142. The van der Waals surface area contributed by atoms with E-state index in [0.717, 1.165) is 38.5 Å². The van der Waals surface area contributed by atoms with E-state index >= 15 is 0 Å². The van der Waals surface area contributed by atoms with Gasteiger partial charge in [0.05, 0.1) is 19.8 Å². The standard InChI is InChI=1S/C33H61N5O11/c34-49-26-31(42)36-20-19-35-30(41)25-48-24-23-47-22-21-37-28(39)18-17-27(33(45)46)38-29(40)15-13-11-9-7-5-3-1-2-4-6-8-10-12-14-16-32(43)44/h27H,1-26,34H2,(H,35,41)(H,36,42)(H,37,39)(H,38,40)(H,43,44)(H,45,46)/t27-/m0/s1. The van der Waals surface area contributed by atoms with Crippen molar-refractivity contribution in [2.45, 2.75) is 122 Å². The van der Waals surface area contributed by atoms with Crippen molar-refractivity contribution in [1.29, 1.82) is 0 Å². The van der Waals surface area contributed by atoms with Crippen LogP contribution in [0.1, 0.15) is 116 Å². The van der Waals surface area contributed by atoms with Crippen LogP contribution in [0.3, 0.4) is 0 Å². The summed E-state index contributed by atoms with van der Waals surface area (Å²) in [5, 5.41) is 28.3. The Morgan fingerprint density at radius 1 is 0.510 bits per heavy atom. The fraction of sp³-hybridized carbons (Fsp3) is 0.818. The van der Waals surface area contributed by atoms with Gasteiger partial charge in [0.2, 0.25) is 23.6 Å². The van der Waals surface area contributed by atoms with Crippen LogP contribution in [0.25, 0.3) is 0 Å². The summed E-state index contributed by atoms with van der Waals surface area (Å²) >= 11 is 0. The molecule has 0 aromatic carbocycles. The van der Waals surface area contributed by atoms with Crippen LogP contribution >= 0.6 is 0 Å². The van der Waals surface area contributed by atoms with Gasteiger partial charge in [-0.2, -0.15) is 0 Å². The topological polar surface area (TPSA) is 245 Å². The number of ether oxygens (including phenoxy) is 2. The second kappa shape index (κ2) is 33.2. The van der Waals surface area contributed by atoms with Gasteiger partial charge in [0.1, 0.15) is 19.3 Å². The van der Waals surface area contributed by atoms with Gasteiger partial charge in [0.15, 0.2) is 0 Å². The molecule has 1 atom stereocenters. The first kappa shape index (κ1) is 45.7. The zero-order chi connectivity index (χ0) is 36.4. The fourth-order valence-electron chi connectivity index (χ4n) is 4.80. The van der Waals surface area contributed by atoms with Crippen molar-refractivity contribution in [2.75, 3.05) is 52.7 Å². The van der Waals surface area contributed by atoms with Gasteiger partial charge < -0.3 is 41.0 Å². The summed E-state index contributed by atoms with van der Waals surface area (Å²) in [6, 6.07) is -1.13. The number of carboxylic acid groups (broad SMARTS) is 2. The number of nitrogens with one attached hydrogen (secondary N) is 4. The highest BCUT2D eigenvalue weighted by Crippen LogP contribution is 2.14. The first-order valence-electron chi connectivity index (χ1n) is 17.7. The van der Waals surface area contributed by atoms with Gasteiger partial charge in [0.25, 0.3) is 0 Å². The van der Waals surface area contributed by atoms with E-state index in [1.165, 1.54) is 44.9 Å². The first-order valence-corrected chi connectivity index (χ1v) is 17.7. The van der Waals surface area contributed by atoms with Gasteiger partial charge in [-0.05, 0) is 19.3 Å². The molecule has 49 heavy (non-hydrogen) atoms. The predicted molar refractivity (Wildman–Crippen MR) is 181 cm³/mol. The van der Waals surface area contributed by atoms with E-state index < -0.39 is 23.9 Å². The lowest BCUT2D eigenvalue weighted by atomic mass is 10.0. The molecule has 0 aliphatic rings. The van der Waals surface area contributed by atoms with Gasteiger partial charge in [-0.3, -0.25) is 28.8 Å². The van der Waals surface area contributed by atoms with E-state index in [1.807, 2.05) is 0 Å². The number of nitrogens with two attached hydrogens (primary N) is 1.